The monoisotopic (exact) mass is 226 g/mol. The number of ketones is 1. The summed E-state index contributed by atoms with van der Waals surface area (Å²) in [6, 6.07) is 0. The molecule has 1 saturated heterocycles. The van der Waals surface area contributed by atoms with Gasteiger partial charge < -0.3 is 5.32 Å². The number of hydrogen-bond acceptors (Lipinski definition) is 3. The Hall–Kier alpha value is -0.900. The van der Waals surface area contributed by atoms with Crippen molar-refractivity contribution in [2.75, 3.05) is 19.6 Å². The summed E-state index contributed by atoms with van der Waals surface area (Å²) in [6.07, 6.45) is 0.485. The Kier molecular flexibility index (Phi) is 4.08. The molecule has 0 aliphatic carbocycles. The highest BCUT2D eigenvalue weighted by Crippen LogP contribution is 2.21. The first-order valence-corrected chi connectivity index (χ1v) is 5.91. The van der Waals surface area contributed by atoms with Crippen molar-refractivity contribution < 1.29 is 9.59 Å². The molecule has 1 aliphatic heterocycles. The summed E-state index contributed by atoms with van der Waals surface area (Å²) in [5.74, 6) is -0.527. The highest BCUT2D eigenvalue weighted by atomic mass is 16.2. The SMILES string of the molecule is CCNC(=O)C1CN(C(C)(C)C)CCC1=O. The molecule has 4 heteroatoms. The van der Waals surface area contributed by atoms with Crippen molar-refractivity contribution in [2.24, 2.45) is 5.92 Å². The van der Waals surface area contributed by atoms with Crippen LogP contribution in [0.3, 0.4) is 0 Å². The minimum atomic E-state index is -0.479. The fourth-order valence-electron chi connectivity index (χ4n) is 1.97. The summed E-state index contributed by atoms with van der Waals surface area (Å²) in [7, 11) is 0. The molecular weight excluding hydrogens is 204 g/mol. The minimum Gasteiger partial charge on any atom is -0.356 e. The van der Waals surface area contributed by atoms with Crippen molar-refractivity contribution in [1.29, 1.82) is 0 Å². The van der Waals surface area contributed by atoms with Crippen LogP contribution in [0.15, 0.2) is 0 Å². The smallest absolute Gasteiger partial charge is 0.231 e. The lowest BCUT2D eigenvalue weighted by molar-refractivity contribution is -0.138. The Bertz CT molecular complexity index is 281. The third-order valence-electron chi connectivity index (χ3n) is 3.04. The first-order chi connectivity index (χ1) is 7.36. The van der Waals surface area contributed by atoms with Crippen LogP contribution >= 0.6 is 0 Å². The molecule has 1 heterocycles. The normalized spacial score (nSPS) is 23.2. The van der Waals surface area contributed by atoms with Crippen LogP contribution in [0.1, 0.15) is 34.1 Å². The van der Waals surface area contributed by atoms with Gasteiger partial charge in [0.1, 0.15) is 11.7 Å². The molecule has 0 aromatic heterocycles. The quantitative estimate of drug-likeness (QED) is 0.709. The molecule has 0 aromatic rings. The number of likely N-dealkylation sites (tertiary alicyclic amines) is 1. The minimum absolute atomic E-state index is 0.0193. The van der Waals surface area contributed by atoms with Crippen molar-refractivity contribution in [3.63, 3.8) is 0 Å². The molecule has 1 fully saturated rings. The third kappa shape index (κ3) is 3.04. The molecule has 1 atom stereocenters. The standard InChI is InChI=1S/C12H22N2O2/c1-5-13-11(16)9-8-14(12(2,3)4)7-6-10(9)15/h9H,5-8H2,1-4H3,(H,13,16). The van der Waals surface area contributed by atoms with Crippen molar-refractivity contribution in [1.82, 2.24) is 10.2 Å². The summed E-state index contributed by atoms with van der Waals surface area (Å²) < 4.78 is 0. The molecular formula is C12H22N2O2. The van der Waals surface area contributed by atoms with E-state index in [0.717, 1.165) is 6.54 Å². The second kappa shape index (κ2) is 4.95. The number of carbonyl (C=O) groups is 2. The lowest BCUT2D eigenvalue weighted by atomic mass is 9.91. The molecule has 16 heavy (non-hydrogen) atoms. The summed E-state index contributed by atoms with van der Waals surface area (Å²) in [5, 5.41) is 2.73. The number of nitrogens with zero attached hydrogens (tertiary/aromatic N) is 1. The fourth-order valence-corrected chi connectivity index (χ4v) is 1.97. The number of amides is 1. The number of Topliss-reactive ketones (excluding diaryl/α,β-unsaturated/α-hetero) is 1. The second-order valence-electron chi connectivity index (χ2n) is 5.28. The fraction of sp³-hybridized carbons (Fsp3) is 0.833. The molecule has 0 bridgehead atoms. The van der Waals surface area contributed by atoms with Crippen LogP contribution in [0.25, 0.3) is 0 Å². The third-order valence-corrected chi connectivity index (χ3v) is 3.04. The zero-order valence-corrected chi connectivity index (χ0v) is 10.7. The Morgan fingerprint density at radius 3 is 2.62 bits per heavy atom. The zero-order chi connectivity index (χ0) is 12.3. The first-order valence-electron chi connectivity index (χ1n) is 5.91. The van der Waals surface area contributed by atoms with Gasteiger partial charge in [-0.25, -0.2) is 0 Å². The summed E-state index contributed by atoms with van der Waals surface area (Å²) in [5.41, 5.74) is 0.0193. The Balaban J connectivity index is 2.69. The average molecular weight is 226 g/mol. The Labute approximate surface area is 97.4 Å². The van der Waals surface area contributed by atoms with Crippen LogP contribution in [-0.2, 0) is 9.59 Å². The molecule has 0 aromatic carbocycles. The van der Waals surface area contributed by atoms with Crippen molar-refractivity contribution >= 4 is 11.7 Å². The Morgan fingerprint density at radius 1 is 1.50 bits per heavy atom. The van der Waals surface area contributed by atoms with Crippen LogP contribution < -0.4 is 5.32 Å². The summed E-state index contributed by atoms with van der Waals surface area (Å²) in [6.45, 7) is 10.1. The van der Waals surface area contributed by atoms with E-state index >= 15 is 0 Å². The van der Waals surface area contributed by atoms with E-state index in [1.165, 1.54) is 0 Å². The van der Waals surface area contributed by atoms with Crippen LogP contribution in [0.4, 0.5) is 0 Å². The number of piperidine rings is 1. The lowest BCUT2D eigenvalue weighted by Crippen LogP contribution is -2.53. The maximum Gasteiger partial charge on any atom is 0.231 e. The van der Waals surface area contributed by atoms with E-state index in [2.05, 4.69) is 31.0 Å². The number of nitrogens with one attached hydrogen (secondary N) is 1. The largest absolute Gasteiger partial charge is 0.356 e. The van der Waals surface area contributed by atoms with Gasteiger partial charge in [-0.2, -0.15) is 0 Å². The van der Waals surface area contributed by atoms with Gasteiger partial charge in [0.05, 0.1) is 0 Å². The second-order valence-corrected chi connectivity index (χ2v) is 5.28. The van der Waals surface area contributed by atoms with E-state index < -0.39 is 5.92 Å². The van der Waals surface area contributed by atoms with Crippen LogP contribution in [0, 0.1) is 5.92 Å². The molecule has 1 aliphatic rings. The van der Waals surface area contributed by atoms with Gasteiger partial charge in [-0.05, 0) is 27.7 Å². The molecule has 0 radical (unpaired) electrons. The van der Waals surface area contributed by atoms with Gasteiger partial charge in [0, 0.05) is 31.6 Å². The van der Waals surface area contributed by atoms with E-state index in [4.69, 9.17) is 0 Å². The van der Waals surface area contributed by atoms with E-state index in [0.29, 0.717) is 19.5 Å². The maximum atomic E-state index is 11.7. The molecule has 0 spiro atoms. The van der Waals surface area contributed by atoms with E-state index in [1.807, 2.05) is 6.92 Å². The highest BCUT2D eigenvalue weighted by Gasteiger charge is 2.36. The molecule has 4 nitrogen and oxygen atoms in total. The van der Waals surface area contributed by atoms with Gasteiger partial charge in [-0.15, -0.1) is 0 Å². The van der Waals surface area contributed by atoms with Crippen LogP contribution in [-0.4, -0.2) is 41.8 Å². The van der Waals surface area contributed by atoms with E-state index in [1.54, 1.807) is 0 Å². The summed E-state index contributed by atoms with van der Waals surface area (Å²) >= 11 is 0. The lowest BCUT2D eigenvalue weighted by Gasteiger charge is -2.40. The van der Waals surface area contributed by atoms with Crippen molar-refractivity contribution in [3.05, 3.63) is 0 Å². The molecule has 1 rings (SSSR count). The zero-order valence-electron chi connectivity index (χ0n) is 10.7. The number of hydrogen-bond donors (Lipinski definition) is 1. The van der Waals surface area contributed by atoms with E-state index in [-0.39, 0.29) is 17.2 Å². The topological polar surface area (TPSA) is 49.4 Å². The predicted molar refractivity (Wildman–Crippen MR) is 63.1 cm³/mol. The van der Waals surface area contributed by atoms with Crippen molar-refractivity contribution in [2.45, 2.75) is 39.7 Å². The van der Waals surface area contributed by atoms with Gasteiger partial charge >= 0.3 is 0 Å². The molecule has 92 valence electrons. The average Bonchev–Trinajstić information content (AvgIpc) is 2.16. The predicted octanol–water partition coefficient (Wildman–Crippen LogP) is 0.812. The van der Waals surface area contributed by atoms with E-state index in [9.17, 15) is 9.59 Å². The van der Waals surface area contributed by atoms with Crippen LogP contribution in [0.5, 0.6) is 0 Å². The van der Waals surface area contributed by atoms with Crippen LogP contribution in [0.2, 0.25) is 0 Å². The summed E-state index contributed by atoms with van der Waals surface area (Å²) in [4.78, 5) is 25.6. The van der Waals surface area contributed by atoms with Gasteiger partial charge in [-0.3, -0.25) is 14.5 Å². The van der Waals surface area contributed by atoms with Gasteiger partial charge in [0.15, 0.2) is 0 Å². The molecule has 0 saturated carbocycles. The highest BCUT2D eigenvalue weighted by molar-refractivity contribution is 6.02. The first kappa shape index (κ1) is 13.2. The van der Waals surface area contributed by atoms with Gasteiger partial charge in [0.2, 0.25) is 5.91 Å². The molecule has 1 N–H and O–H groups in total. The van der Waals surface area contributed by atoms with Gasteiger partial charge in [-0.1, -0.05) is 0 Å². The number of carbonyl (C=O) groups excluding carboxylic acids is 2. The Morgan fingerprint density at radius 2 is 2.12 bits per heavy atom. The molecule has 1 amide bonds. The molecule has 1 unspecified atom stereocenters. The number of rotatable bonds is 2. The van der Waals surface area contributed by atoms with Gasteiger partial charge in [0.25, 0.3) is 0 Å². The maximum absolute atomic E-state index is 11.7. The van der Waals surface area contributed by atoms with Crippen molar-refractivity contribution in [3.8, 4) is 0 Å².